The largest absolute Gasteiger partial charge is 0.376 e. The monoisotopic (exact) mass is 423 g/mol. The molecule has 1 aliphatic heterocycles. The SMILES string of the molecule is Cn1cccc(C(=O)N[C@H]2C[C@H]3CN(S(C)(=O)=O)C[C@H]3C[C@@H]2OCC2CC2)c1=O. The van der Waals surface area contributed by atoms with Crippen molar-refractivity contribution in [2.45, 2.75) is 37.8 Å². The van der Waals surface area contributed by atoms with Crippen molar-refractivity contribution in [1.29, 1.82) is 0 Å². The molecule has 2 aliphatic carbocycles. The summed E-state index contributed by atoms with van der Waals surface area (Å²) < 4.78 is 33.1. The van der Waals surface area contributed by atoms with E-state index in [-0.39, 0.29) is 35.1 Å². The van der Waals surface area contributed by atoms with E-state index in [1.54, 1.807) is 19.3 Å². The van der Waals surface area contributed by atoms with E-state index in [9.17, 15) is 18.0 Å². The Morgan fingerprint density at radius 2 is 1.93 bits per heavy atom. The number of aromatic nitrogens is 1. The fraction of sp³-hybridized carbons (Fsp3) is 0.700. The maximum Gasteiger partial charge on any atom is 0.263 e. The highest BCUT2D eigenvalue weighted by atomic mass is 32.2. The summed E-state index contributed by atoms with van der Waals surface area (Å²) in [5.74, 6) is 0.635. The summed E-state index contributed by atoms with van der Waals surface area (Å²) in [5.41, 5.74) is -0.222. The molecule has 0 unspecified atom stereocenters. The topological polar surface area (TPSA) is 97.7 Å². The van der Waals surface area contributed by atoms with Crippen molar-refractivity contribution < 1.29 is 17.9 Å². The number of nitrogens with zero attached hydrogens (tertiary/aromatic N) is 2. The van der Waals surface area contributed by atoms with Gasteiger partial charge in [-0.3, -0.25) is 9.59 Å². The van der Waals surface area contributed by atoms with Gasteiger partial charge in [0.2, 0.25) is 10.0 Å². The van der Waals surface area contributed by atoms with Crippen molar-refractivity contribution in [1.82, 2.24) is 14.2 Å². The lowest BCUT2D eigenvalue weighted by Crippen LogP contribution is -2.51. The van der Waals surface area contributed by atoms with E-state index in [0.717, 1.165) is 6.42 Å². The molecule has 8 nitrogen and oxygen atoms in total. The number of rotatable bonds is 6. The summed E-state index contributed by atoms with van der Waals surface area (Å²) >= 11 is 0. The fourth-order valence-corrected chi connectivity index (χ4v) is 5.46. The summed E-state index contributed by atoms with van der Waals surface area (Å²) in [5, 5.41) is 3.02. The molecule has 0 aromatic carbocycles. The number of fused-ring (bicyclic) bond motifs is 1. The number of amides is 1. The molecule has 0 bridgehead atoms. The van der Waals surface area contributed by atoms with Gasteiger partial charge in [-0.2, -0.15) is 0 Å². The minimum atomic E-state index is -3.23. The van der Waals surface area contributed by atoms with Gasteiger partial charge >= 0.3 is 0 Å². The smallest absolute Gasteiger partial charge is 0.263 e. The van der Waals surface area contributed by atoms with Crippen LogP contribution in [-0.4, -0.2) is 61.3 Å². The molecular formula is C20H29N3O5S. The number of nitrogens with one attached hydrogen (secondary N) is 1. The molecule has 1 N–H and O–H groups in total. The Morgan fingerprint density at radius 3 is 2.59 bits per heavy atom. The van der Waals surface area contributed by atoms with Crippen LogP contribution in [0.25, 0.3) is 0 Å². The Bertz CT molecular complexity index is 940. The van der Waals surface area contributed by atoms with E-state index in [1.807, 2.05) is 0 Å². The second-order valence-electron chi connectivity index (χ2n) is 8.80. The number of hydrogen-bond acceptors (Lipinski definition) is 5. The first-order chi connectivity index (χ1) is 13.7. The third-order valence-corrected chi connectivity index (χ3v) is 7.72. The quantitative estimate of drug-likeness (QED) is 0.722. The molecule has 3 fully saturated rings. The first kappa shape index (κ1) is 20.6. The minimum Gasteiger partial charge on any atom is -0.376 e. The van der Waals surface area contributed by atoms with E-state index in [0.29, 0.717) is 32.0 Å². The zero-order chi connectivity index (χ0) is 20.8. The average molecular weight is 424 g/mol. The molecule has 160 valence electrons. The molecule has 0 radical (unpaired) electrons. The first-order valence-electron chi connectivity index (χ1n) is 10.3. The molecule has 1 saturated heterocycles. The lowest BCUT2D eigenvalue weighted by Gasteiger charge is -2.38. The van der Waals surface area contributed by atoms with E-state index in [4.69, 9.17) is 4.74 Å². The Morgan fingerprint density at radius 1 is 1.24 bits per heavy atom. The number of carbonyl (C=O) groups is 1. The Labute approximate surface area is 171 Å². The third-order valence-electron chi connectivity index (χ3n) is 6.48. The number of sulfonamides is 1. The zero-order valence-corrected chi connectivity index (χ0v) is 17.7. The van der Waals surface area contributed by atoms with Crippen LogP contribution < -0.4 is 10.9 Å². The Kier molecular flexibility index (Phi) is 5.56. The van der Waals surface area contributed by atoms with Gasteiger partial charge in [0.15, 0.2) is 0 Å². The van der Waals surface area contributed by atoms with Crippen molar-refractivity contribution in [3.63, 3.8) is 0 Å². The number of ether oxygens (including phenoxy) is 1. The Hall–Kier alpha value is -1.71. The molecular weight excluding hydrogens is 394 g/mol. The summed E-state index contributed by atoms with van der Waals surface area (Å²) in [7, 11) is -1.61. The highest BCUT2D eigenvalue weighted by molar-refractivity contribution is 7.88. The molecule has 9 heteroatoms. The Balaban J connectivity index is 1.50. The lowest BCUT2D eigenvalue weighted by atomic mass is 9.77. The zero-order valence-electron chi connectivity index (χ0n) is 16.9. The second-order valence-corrected chi connectivity index (χ2v) is 10.8. The van der Waals surface area contributed by atoms with E-state index in [1.165, 1.54) is 34.0 Å². The molecule has 0 spiro atoms. The van der Waals surface area contributed by atoms with Crippen LogP contribution in [0.15, 0.2) is 23.1 Å². The molecule has 4 rings (SSSR count). The van der Waals surface area contributed by atoms with Gasteiger partial charge in [0, 0.05) is 32.9 Å². The van der Waals surface area contributed by atoms with Crippen LogP contribution in [0.2, 0.25) is 0 Å². The minimum absolute atomic E-state index is 0.113. The lowest BCUT2D eigenvalue weighted by molar-refractivity contribution is -0.0212. The van der Waals surface area contributed by atoms with Gasteiger partial charge in [-0.1, -0.05) is 0 Å². The summed E-state index contributed by atoms with van der Waals surface area (Å²) in [6.07, 6.45) is 6.44. The van der Waals surface area contributed by atoms with Crippen molar-refractivity contribution in [2.75, 3.05) is 26.0 Å². The van der Waals surface area contributed by atoms with Crippen molar-refractivity contribution in [2.24, 2.45) is 24.8 Å². The van der Waals surface area contributed by atoms with Gasteiger partial charge in [0.05, 0.1) is 18.4 Å². The van der Waals surface area contributed by atoms with Crippen LogP contribution in [-0.2, 0) is 21.8 Å². The van der Waals surface area contributed by atoms with Gasteiger partial charge < -0.3 is 14.6 Å². The van der Waals surface area contributed by atoms with E-state index in [2.05, 4.69) is 5.32 Å². The number of aryl methyl sites for hydroxylation is 1. The number of hydrogen-bond donors (Lipinski definition) is 1. The molecule has 1 amide bonds. The van der Waals surface area contributed by atoms with Gasteiger partial charge in [0.1, 0.15) is 5.56 Å². The van der Waals surface area contributed by atoms with E-state index >= 15 is 0 Å². The highest BCUT2D eigenvalue weighted by Crippen LogP contribution is 2.39. The van der Waals surface area contributed by atoms with Crippen LogP contribution in [0, 0.1) is 17.8 Å². The molecule has 1 aromatic rings. The molecule has 1 aromatic heterocycles. The van der Waals surface area contributed by atoms with Crippen molar-refractivity contribution in [3.8, 4) is 0 Å². The molecule has 3 aliphatic rings. The van der Waals surface area contributed by atoms with Crippen LogP contribution in [0.4, 0.5) is 0 Å². The molecule has 2 saturated carbocycles. The standard InChI is InChI=1S/C20H29N3O5S/c1-22-7-3-4-16(20(22)25)19(24)21-17-8-14-10-23(29(2,26)27)11-15(14)9-18(17)28-12-13-5-6-13/h3-4,7,13-15,17-18H,5-6,8-12H2,1-2H3,(H,21,24)/t14-,15+,17-,18-/m0/s1. The second kappa shape index (κ2) is 7.85. The van der Waals surface area contributed by atoms with Crippen LogP contribution in [0.5, 0.6) is 0 Å². The third kappa shape index (κ3) is 4.57. The highest BCUT2D eigenvalue weighted by Gasteiger charge is 2.45. The molecule has 2 heterocycles. The summed E-state index contributed by atoms with van der Waals surface area (Å²) in [6.45, 7) is 1.68. The molecule has 4 atom stereocenters. The maximum absolute atomic E-state index is 12.8. The first-order valence-corrected chi connectivity index (χ1v) is 12.1. The van der Waals surface area contributed by atoms with Gasteiger partial charge in [0.25, 0.3) is 11.5 Å². The predicted octanol–water partition coefficient (Wildman–Crippen LogP) is 0.580. The van der Waals surface area contributed by atoms with Gasteiger partial charge in [-0.15, -0.1) is 0 Å². The van der Waals surface area contributed by atoms with Crippen LogP contribution >= 0.6 is 0 Å². The predicted molar refractivity (Wildman–Crippen MR) is 108 cm³/mol. The van der Waals surface area contributed by atoms with Crippen LogP contribution in [0.3, 0.4) is 0 Å². The van der Waals surface area contributed by atoms with Crippen molar-refractivity contribution in [3.05, 3.63) is 34.2 Å². The summed E-state index contributed by atoms with van der Waals surface area (Å²) in [4.78, 5) is 25.1. The van der Waals surface area contributed by atoms with E-state index < -0.39 is 15.9 Å². The van der Waals surface area contributed by atoms with Crippen LogP contribution in [0.1, 0.15) is 36.0 Å². The average Bonchev–Trinajstić information content (AvgIpc) is 3.38. The fourth-order valence-electron chi connectivity index (χ4n) is 4.54. The maximum atomic E-state index is 12.8. The van der Waals surface area contributed by atoms with Gasteiger partial charge in [-0.25, -0.2) is 12.7 Å². The normalized spacial score (nSPS) is 30.1. The number of pyridine rings is 1. The number of carbonyl (C=O) groups excluding carboxylic acids is 1. The summed E-state index contributed by atoms with van der Waals surface area (Å²) in [6, 6.07) is 2.98. The molecule has 29 heavy (non-hydrogen) atoms. The van der Waals surface area contributed by atoms with Gasteiger partial charge in [-0.05, 0) is 55.6 Å². The van der Waals surface area contributed by atoms with Crippen molar-refractivity contribution >= 4 is 15.9 Å².